The second-order valence-electron chi connectivity index (χ2n) is 7.05. The Labute approximate surface area is 201 Å². The van der Waals surface area contributed by atoms with Gasteiger partial charge >= 0.3 is 0 Å². The van der Waals surface area contributed by atoms with Crippen LogP contribution in [0.3, 0.4) is 0 Å². The number of methoxy groups -OCH3 is 3. The Hall–Kier alpha value is -2.36. The number of para-hydroxylation sites is 1. The molecule has 0 unspecified atom stereocenters. The predicted molar refractivity (Wildman–Crippen MR) is 133 cm³/mol. The van der Waals surface area contributed by atoms with Crippen LogP contribution in [-0.2, 0) is 6.54 Å². The van der Waals surface area contributed by atoms with Crippen LogP contribution in [0.2, 0.25) is 0 Å². The van der Waals surface area contributed by atoms with E-state index in [4.69, 9.17) is 18.9 Å². The fraction of sp³-hybridized carbons (Fsp3) is 0.435. The highest BCUT2D eigenvalue weighted by atomic mass is 127. The summed E-state index contributed by atoms with van der Waals surface area (Å²) in [5.41, 5.74) is 1.02. The van der Waals surface area contributed by atoms with Crippen molar-refractivity contribution < 1.29 is 18.9 Å². The maximum Gasteiger partial charge on any atom is 0.203 e. The summed E-state index contributed by atoms with van der Waals surface area (Å²) in [7, 11) is 6.65. The van der Waals surface area contributed by atoms with Gasteiger partial charge in [0.05, 0.1) is 21.3 Å². The van der Waals surface area contributed by atoms with Crippen LogP contribution in [0.25, 0.3) is 0 Å². The Bertz CT molecular complexity index is 815. The zero-order valence-electron chi connectivity index (χ0n) is 18.6. The molecule has 0 atom stereocenters. The first-order valence-corrected chi connectivity index (χ1v) is 10.1. The normalized spacial score (nSPS) is 14.5. The molecule has 0 aliphatic carbocycles. The second-order valence-corrected chi connectivity index (χ2v) is 7.05. The molecular weight excluding hydrogens is 509 g/mol. The summed E-state index contributed by atoms with van der Waals surface area (Å²) >= 11 is 0. The van der Waals surface area contributed by atoms with E-state index in [1.54, 1.807) is 21.3 Å². The molecule has 3 rings (SSSR count). The number of rotatable bonds is 7. The van der Waals surface area contributed by atoms with E-state index in [9.17, 15) is 0 Å². The van der Waals surface area contributed by atoms with Crippen LogP contribution in [0.15, 0.2) is 47.5 Å². The first-order valence-electron chi connectivity index (χ1n) is 10.1. The van der Waals surface area contributed by atoms with Crippen molar-refractivity contribution in [2.45, 2.75) is 25.5 Å². The van der Waals surface area contributed by atoms with Crippen molar-refractivity contribution in [2.75, 3.05) is 41.5 Å². The number of nitrogens with zero attached hydrogens (tertiary/aromatic N) is 2. The van der Waals surface area contributed by atoms with Gasteiger partial charge in [0.25, 0.3) is 0 Å². The maximum atomic E-state index is 6.09. The first kappa shape index (κ1) is 24.9. The Morgan fingerprint density at radius 3 is 2.13 bits per heavy atom. The molecule has 0 amide bonds. The lowest BCUT2D eigenvalue weighted by atomic mass is 10.1. The Kier molecular flexibility index (Phi) is 10.0. The first-order chi connectivity index (χ1) is 14.7. The number of hydrogen-bond donors (Lipinski definition) is 1. The predicted octanol–water partition coefficient (Wildman–Crippen LogP) is 3.95. The molecule has 1 heterocycles. The standard InChI is InChI=1S/C23H31N3O4.HI/c1-24-23(25-16-17-14-20(27-2)22(29-4)21(15-17)28-3)26-12-10-19(11-13-26)30-18-8-6-5-7-9-18;/h5-9,14-15,19H,10-13,16H2,1-4H3,(H,24,25);1H. The lowest BCUT2D eigenvalue weighted by Crippen LogP contribution is -2.47. The van der Waals surface area contributed by atoms with Crippen LogP contribution in [-0.4, -0.2) is 58.4 Å². The lowest BCUT2D eigenvalue weighted by Gasteiger charge is -2.34. The molecule has 1 fully saturated rings. The number of piperidine rings is 1. The zero-order valence-corrected chi connectivity index (χ0v) is 20.9. The summed E-state index contributed by atoms with van der Waals surface area (Å²) in [5, 5.41) is 3.44. The van der Waals surface area contributed by atoms with Crippen LogP contribution in [0.1, 0.15) is 18.4 Å². The van der Waals surface area contributed by atoms with E-state index in [1.165, 1.54) is 0 Å². The van der Waals surface area contributed by atoms with E-state index in [2.05, 4.69) is 15.2 Å². The molecule has 0 radical (unpaired) electrons. The topological polar surface area (TPSA) is 64.6 Å². The smallest absolute Gasteiger partial charge is 0.203 e. The summed E-state index contributed by atoms with van der Waals surface area (Å²) in [5.74, 6) is 3.68. The number of aliphatic imine (C=N–C) groups is 1. The number of halogens is 1. The van der Waals surface area contributed by atoms with E-state index in [0.29, 0.717) is 23.8 Å². The average molecular weight is 541 g/mol. The molecule has 170 valence electrons. The molecule has 0 saturated carbocycles. The summed E-state index contributed by atoms with van der Waals surface area (Å²) < 4.78 is 22.4. The number of benzene rings is 2. The number of likely N-dealkylation sites (tertiary alicyclic amines) is 1. The fourth-order valence-electron chi connectivity index (χ4n) is 3.63. The summed E-state index contributed by atoms with van der Waals surface area (Å²) in [4.78, 5) is 6.72. The molecule has 1 aliphatic rings. The minimum Gasteiger partial charge on any atom is -0.493 e. The van der Waals surface area contributed by atoms with Gasteiger partial charge in [-0.25, -0.2) is 0 Å². The van der Waals surface area contributed by atoms with Gasteiger partial charge in [-0.3, -0.25) is 4.99 Å². The van der Waals surface area contributed by atoms with Crippen molar-refractivity contribution in [3.8, 4) is 23.0 Å². The van der Waals surface area contributed by atoms with E-state index < -0.39 is 0 Å². The number of nitrogens with one attached hydrogen (secondary N) is 1. The monoisotopic (exact) mass is 541 g/mol. The molecule has 8 heteroatoms. The van der Waals surface area contributed by atoms with Crippen molar-refractivity contribution >= 4 is 29.9 Å². The van der Waals surface area contributed by atoms with E-state index in [1.807, 2.05) is 49.5 Å². The quantitative estimate of drug-likeness (QED) is 0.326. The van der Waals surface area contributed by atoms with Gasteiger partial charge in [0.2, 0.25) is 5.75 Å². The summed E-state index contributed by atoms with van der Waals surface area (Å²) in [6, 6.07) is 13.9. The van der Waals surface area contributed by atoms with Crippen LogP contribution >= 0.6 is 24.0 Å². The fourth-order valence-corrected chi connectivity index (χ4v) is 3.63. The average Bonchev–Trinajstić information content (AvgIpc) is 2.80. The van der Waals surface area contributed by atoms with E-state index >= 15 is 0 Å². The third-order valence-electron chi connectivity index (χ3n) is 5.17. The van der Waals surface area contributed by atoms with Gasteiger partial charge in [-0.1, -0.05) is 18.2 Å². The largest absolute Gasteiger partial charge is 0.493 e. The number of ether oxygens (including phenoxy) is 4. The van der Waals surface area contributed by atoms with Gasteiger partial charge in [-0.05, 0) is 29.8 Å². The molecule has 0 spiro atoms. The third-order valence-corrected chi connectivity index (χ3v) is 5.17. The molecule has 1 aliphatic heterocycles. The number of hydrogen-bond acceptors (Lipinski definition) is 5. The molecule has 0 bridgehead atoms. The Balaban J connectivity index is 0.00000341. The Morgan fingerprint density at radius 2 is 1.61 bits per heavy atom. The van der Waals surface area contributed by atoms with Crippen molar-refractivity contribution in [3.05, 3.63) is 48.0 Å². The van der Waals surface area contributed by atoms with Crippen LogP contribution in [0.5, 0.6) is 23.0 Å². The molecule has 2 aromatic rings. The highest BCUT2D eigenvalue weighted by Gasteiger charge is 2.23. The minimum atomic E-state index is 0. The van der Waals surface area contributed by atoms with Gasteiger partial charge in [0.15, 0.2) is 17.5 Å². The van der Waals surface area contributed by atoms with Gasteiger partial charge in [-0.15, -0.1) is 24.0 Å². The zero-order chi connectivity index (χ0) is 21.3. The highest BCUT2D eigenvalue weighted by Crippen LogP contribution is 2.38. The van der Waals surface area contributed by atoms with Crippen molar-refractivity contribution in [3.63, 3.8) is 0 Å². The van der Waals surface area contributed by atoms with Gasteiger partial charge in [-0.2, -0.15) is 0 Å². The van der Waals surface area contributed by atoms with Gasteiger partial charge < -0.3 is 29.2 Å². The molecule has 0 aromatic heterocycles. The molecule has 1 N–H and O–H groups in total. The number of guanidine groups is 1. The molecule has 2 aromatic carbocycles. The van der Waals surface area contributed by atoms with Crippen LogP contribution in [0, 0.1) is 0 Å². The van der Waals surface area contributed by atoms with E-state index in [-0.39, 0.29) is 30.1 Å². The van der Waals surface area contributed by atoms with Gasteiger partial charge in [0, 0.05) is 39.5 Å². The lowest BCUT2D eigenvalue weighted by molar-refractivity contribution is 0.129. The maximum absolute atomic E-state index is 6.09. The highest BCUT2D eigenvalue weighted by molar-refractivity contribution is 14.0. The molecule has 31 heavy (non-hydrogen) atoms. The second kappa shape index (κ2) is 12.5. The third kappa shape index (κ3) is 6.56. The molecule has 1 saturated heterocycles. The van der Waals surface area contributed by atoms with Gasteiger partial charge in [0.1, 0.15) is 11.9 Å². The summed E-state index contributed by atoms with van der Waals surface area (Å²) in [6.07, 6.45) is 2.15. The molecule has 7 nitrogen and oxygen atoms in total. The van der Waals surface area contributed by atoms with Crippen molar-refractivity contribution in [2.24, 2.45) is 4.99 Å². The van der Waals surface area contributed by atoms with Crippen LogP contribution < -0.4 is 24.3 Å². The SMILES string of the molecule is CN=C(NCc1cc(OC)c(OC)c(OC)c1)N1CCC(Oc2ccccc2)CC1.I. The van der Waals surface area contributed by atoms with Crippen molar-refractivity contribution in [1.82, 2.24) is 10.2 Å². The van der Waals surface area contributed by atoms with Crippen molar-refractivity contribution in [1.29, 1.82) is 0 Å². The minimum absolute atomic E-state index is 0. The summed E-state index contributed by atoms with van der Waals surface area (Å²) in [6.45, 7) is 2.39. The van der Waals surface area contributed by atoms with E-state index in [0.717, 1.165) is 43.2 Å². The Morgan fingerprint density at radius 1 is 1.00 bits per heavy atom. The molecular formula is C23H32IN3O4. The van der Waals surface area contributed by atoms with Crippen LogP contribution in [0.4, 0.5) is 0 Å².